The van der Waals surface area contributed by atoms with Gasteiger partial charge in [0.05, 0.1) is 5.60 Å². The minimum atomic E-state index is -0.225. The average Bonchev–Trinajstić information content (AvgIpc) is 3.41. The molecular weight excluding hydrogens is 370 g/mol. The van der Waals surface area contributed by atoms with E-state index < -0.39 is 0 Å². The van der Waals surface area contributed by atoms with Crippen LogP contribution in [0.3, 0.4) is 0 Å². The Morgan fingerprint density at radius 2 is 1.97 bits per heavy atom. The zero-order valence-corrected chi connectivity index (χ0v) is 17.8. The molecule has 29 heavy (non-hydrogen) atoms. The Kier molecular flexibility index (Phi) is 5.55. The summed E-state index contributed by atoms with van der Waals surface area (Å²) in [7, 11) is 1.79. The van der Waals surface area contributed by atoms with Gasteiger partial charge in [-0.3, -0.25) is 9.48 Å². The van der Waals surface area contributed by atoms with Crippen LogP contribution in [0.15, 0.2) is 12.3 Å². The first kappa shape index (κ1) is 20.2. The molecule has 1 aromatic heterocycles. The van der Waals surface area contributed by atoms with Crippen LogP contribution in [0.25, 0.3) is 0 Å². The molecule has 1 saturated carbocycles. The van der Waals surface area contributed by atoms with Gasteiger partial charge in [-0.1, -0.05) is 0 Å². The van der Waals surface area contributed by atoms with Gasteiger partial charge in [0.2, 0.25) is 0 Å². The lowest BCUT2D eigenvalue weighted by atomic mass is 9.81. The Morgan fingerprint density at radius 1 is 1.24 bits per heavy atom. The number of aryl methyl sites for hydroxylation is 1. The number of nitrogens with zero attached hydrogens (tertiary/aromatic N) is 4. The molecule has 4 rings (SSSR count). The highest BCUT2D eigenvalue weighted by molar-refractivity contribution is 5.92. The highest BCUT2D eigenvalue weighted by Crippen LogP contribution is 2.40. The van der Waals surface area contributed by atoms with Crippen molar-refractivity contribution in [1.29, 1.82) is 0 Å². The van der Waals surface area contributed by atoms with E-state index in [1.165, 1.54) is 0 Å². The number of rotatable bonds is 4. The van der Waals surface area contributed by atoms with Crippen molar-refractivity contribution in [3.05, 3.63) is 18.0 Å². The van der Waals surface area contributed by atoms with E-state index in [1.807, 2.05) is 18.7 Å². The standard InChI is InChI=1S/C21H33N5O3/c1-15(2)23-20(28)26(16-4-5-16)17-7-13-29-21(14-17)8-11-25(12-9-21)19(27)18-6-10-22-24(18)3/h6,10,15-17H,4-5,7-9,11-14H2,1-3H3,(H,23,28). The molecule has 1 spiro atoms. The molecule has 0 bridgehead atoms. The molecule has 1 atom stereocenters. The molecule has 1 aromatic rings. The Bertz CT molecular complexity index is 749. The maximum Gasteiger partial charge on any atom is 0.318 e. The molecule has 3 fully saturated rings. The van der Waals surface area contributed by atoms with E-state index in [0.717, 1.165) is 38.5 Å². The summed E-state index contributed by atoms with van der Waals surface area (Å²) in [5, 5.41) is 7.19. The van der Waals surface area contributed by atoms with Crippen LogP contribution in [0, 0.1) is 0 Å². The molecule has 1 unspecified atom stereocenters. The van der Waals surface area contributed by atoms with E-state index in [0.29, 0.717) is 31.4 Å². The quantitative estimate of drug-likeness (QED) is 0.836. The third-order valence-electron chi connectivity index (χ3n) is 6.45. The number of urea groups is 1. The molecule has 0 radical (unpaired) electrons. The number of hydrogen-bond acceptors (Lipinski definition) is 4. The van der Waals surface area contributed by atoms with Crippen molar-refractivity contribution >= 4 is 11.9 Å². The van der Waals surface area contributed by atoms with Crippen molar-refractivity contribution in [2.45, 2.75) is 76.1 Å². The second-order valence-electron chi connectivity index (χ2n) is 9.05. The largest absolute Gasteiger partial charge is 0.375 e. The van der Waals surface area contributed by atoms with Crippen LogP contribution in [0.1, 0.15) is 62.9 Å². The third kappa shape index (κ3) is 4.27. The van der Waals surface area contributed by atoms with Gasteiger partial charge in [-0.15, -0.1) is 0 Å². The van der Waals surface area contributed by atoms with Gasteiger partial charge >= 0.3 is 6.03 Å². The van der Waals surface area contributed by atoms with E-state index in [-0.39, 0.29) is 29.6 Å². The van der Waals surface area contributed by atoms with Gasteiger partial charge in [0.1, 0.15) is 5.69 Å². The maximum absolute atomic E-state index is 12.8. The summed E-state index contributed by atoms with van der Waals surface area (Å²) in [6.45, 7) is 6.04. The first-order valence-corrected chi connectivity index (χ1v) is 10.9. The van der Waals surface area contributed by atoms with Crippen LogP contribution in [-0.2, 0) is 11.8 Å². The van der Waals surface area contributed by atoms with Gasteiger partial charge in [-0.05, 0) is 58.4 Å². The van der Waals surface area contributed by atoms with Crippen LogP contribution in [0.2, 0.25) is 0 Å². The zero-order valence-electron chi connectivity index (χ0n) is 17.8. The second-order valence-corrected chi connectivity index (χ2v) is 9.05. The smallest absolute Gasteiger partial charge is 0.318 e. The molecule has 2 aliphatic heterocycles. The minimum Gasteiger partial charge on any atom is -0.375 e. The number of ether oxygens (including phenoxy) is 1. The van der Waals surface area contributed by atoms with Gasteiger partial charge in [0.25, 0.3) is 5.91 Å². The number of amides is 3. The lowest BCUT2D eigenvalue weighted by molar-refractivity contribution is -0.126. The molecule has 8 nitrogen and oxygen atoms in total. The minimum absolute atomic E-state index is 0.0307. The van der Waals surface area contributed by atoms with E-state index in [4.69, 9.17) is 4.74 Å². The van der Waals surface area contributed by atoms with Gasteiger partial charge in [-0.2, -0.15) is 5.10 Å². The fraction of sp³-hybridized carbons (Fsp3) is 0.762. The van der Waals surface area contributed by atoms with Crippen molar-refractivity contribution in [3.63, 3.8) is 0 Å². The van der Waals surface area contributed by atoms with Gasteiger partial charge in [0.15, 0.2) is 0 Å². The van der Waals surface area contributed by atoms with Crippen molar-refractivity contribution in [3.8, 4) is 0 Å². The molecule has 1 N–H and O–H groups in total. The lowest BCUT2D eigenvalue weighted by Crippen LogP contribution is -2.57. The Hall–Kier alpha value is -2.09. The summed E-state index contributed by atoms with van der Waals surface area (Å²) in [5.74, 6) is 0.0307. The molecule has 3 amide bonds. The lowest BCUT2D eigenvalue weighted by Gasteiger charge is -2.48. The number of carbonyl (C=O) groups excluding carboxylic acids is 2. The fourth-order valence-corrected chi connectivity index (χ4v) is 4.75. The molecule has 8 heteroatoms. The predicted octanol–water partition coefficient (Wildman–Crippen LogP) is 2.16. The second kappa shape index (κ2) is 7.97. The normalized spacial score (nSPS) is 24.0. The van der Waals surface area contributed by atoms with Crippen molar-refractivity contribution in [2.24, 2.45) is 7.05 Å². The van der Waals surface area contributed by atoms with E-state index in [9.17, 15) is 9.59 Å². The van der Waals surface area contributed by atoms with Crippen molar-refractivity contribution < 1.29 is 14.3 Å². The summed E-state index contributed by atoms with van der Waals surface area (Å²) in [4.78, 5) is 29.6. The predicted molar refractivity (Wildman–Crippen MR) is 109 cm³/mol. The molecule has 1 aliphatic carbocycles. The summed E-state index contributed by atoms with van der Waals surface area (Å²) in [6.07, 6.45) is 7.24. The van der Waals surface area contributed by atoms with E-state index in [1.54, 1.807) is 24.0 Å². The fourth-order valence-electron chi connectivity index (χ4n) is 4.75. The van der Waals surface area contributed by atoms with Crippen molar-refractivity contribution in [2.75, 3.05) is 19.7 Å². The number of nitrogens with one attached hydrogen (secondary N) is 1. The number of aromatic nitrogens is 2. The number of carbonyl (C=O) groups is 2. The molecule has 0 aromatic carbocycles. The Balaban J connectivity index is 1.40. The van der Waals surface area contributed by atoms with Crippen LogP contribution in [-0.4, -0.2) is 74.9 Å². The average molecular weight is 404 g/mol. The van der Waals surface area contributed by atoms with Crippen molar-refractivity contribution in [1.82, 2.24) is 24.9 Å². The van der Waals surface area contributed by atoms with Gasteiger partial charge in [0, 0.05) is 51.1 Å². The highest BCUT2D eigenvalue weighted by Gasteiger charge is 2.46. The number of piperidine rings is 1. The first-order chi connectivity index (χ1) is 13.9. The van der Waals surface area contributed by atoms with Crippen LogP contribution in [0.5, 0.6) is 0 Å². The van der Waals surface area contributed by atoms with Crippen LogP contribution in [0.4, 0.5) is 4.79 Å². The summed E-state index contributed by atoms with van der Waals surface area (Å²) in [5.41, 5.74) is 0.394. The van der Waals surface area contributed by atoms with Gasteiger partial charge < -0.3 is 19.9 Å². The molecular formula is C21H33N5O3. The third-order valence-corrected chi connectivity index (χ3v) is 6.45. The zero-order chi connectivity index (χ0) is 20.6. The van der Waals surface area contributed by atoms with Crippen LogP contribution >= 0.6 is 0 Å². The van der Waals surface area contributed by atoms with Crippen LogP contribution < -0.4 is 5.32 Å². The maximum atomic E-state index is 12.8. The summed E-state index contributed by atoms with van der Waals surface area (Å²) >= 11 is 0. The Morgan fingerprint density at radius 3 is 2.55 bits per heavy atom. The molecule has 2 saturated heterocycles. The number of hydrogen-bond donors (Lipinski definition) is 1. The number of likely N-dealkylation sites (tertiary alicyclic amines) is 1. The first-order valence-electron chi connectivity index (χ1n) is 10.9. The molecule has 3 heterocycles. The van der Waals surface area contributed by atoms with E-state index in [2.05, 4.69) is 15.3 Å². The monoisotopic (exact) mass is 403 g/mol. The molecule has 160 valence electrons. The SMILES string of the molecule is CC(C)NC(=O)N(C1CC1)C1CCOC2(CCN(C(=O)c3ccnn3C)CC2)C1. The highest BCUT2D eigenvalue weighted by atomic mass is 16.5. The topological polar surface area (TPSA) is 79.7 Å². The molecule has 3 aliphatic rings. The summed E-state index contributed by atoms with van der Waals surface area (Å²) in [6, 6.07) is 2.56. The summed E-state index contributed by atoms with van der Waals surface area (Å²) < 4.78 is 7.90. The van der Waals surface area contributed by atoms with Gasteiger partial charge in [-0.25, -0.2) is 4.79 Å². The van der Waals surface area contributed by atoms with E-state index >= 15 is 0 Å². The Labute approximate surface area is 172 Å².